The van der Waals surface area contributed by atoms with Crippen molar-refractivity contribution in [3.8, 4) is 0 Å². The molecule has 3 fully saturated rings. The van der Waals surface area contributed by atoms with Crippen LogP contribution in [0.4, 0.5) is 10.5 Å². The summed E-state index contributed by atoms with van der Waals surface area (Å²) in [7, 11) is 2.02. The molecule has 1 atom stereocenters. The first-order chi connectivity index (χ1) is 12.1. The Hall–Kier alpha value is -1.60. The van der Waals surface area contributed by atoms with Crippen LogP contribution in [0.25, 0.3) is 0 Å². The number of amides is 3. The average Bonchev–Trinajstić information content (AvgIpc) is 3.33. The van der Waals surface area contributed by atoms with E-state index in [0.29, 0.717) is 25.7 Å². The van der Waals surface area contributed by atoms with Gasteiger partial charge in [0, 0.05) is 31.1 Å². The number of hydrogen-bond donors (Lipinski definition) is 1. The molecule has 136 valence electrons. The molecule has 25 heavy (non-hydrogen) atoms. The molecule has 1 spiro atoms. The van der Waals surface area contributed by atoms with Gasteiger partial charge in [0.15, 0.2) is 0 Å². The van der Waals surface area contributed by atoms with Gasteiger partial charge in [-0.15, -0.1) is 0 Å². The highest BCUT2D eigenvalue weighted by atomic mass is 32.1. The van der Waals surface area contributed by atoms with Gasteiger partial charge in [0.25, 0.3) is 0 Å². The molecule has 0 bridgehead atoms. The number of rotatable bonds is 2. The molecule has 1 aliphatic carbocycles. The minimum absolute atomic E-state index is 0.0659. The molecule has 1 saturated carbocycles. The average molecular weight is 362 g/mol. The number of piperazine rings is 1. The van der Waals surface area contributed by atoms with E-state index in [1.165, 1.54) is 12.8 Å². The summed E-state index contributed by atoms with van der Waals surface area (Å²) < 4.78 is 0. The molecule has 0 aromatic carbocycles. The van der Waals surface area contributed by atoms with Crippen LogP contribution in [-0.2, 0) is 4.79 Å². The van der Waals surface area contributed by atoms with Gasteiger partial charge in [-0.25, -0.2) is 4.79 Å². The zero-order chi connectivity index (χ0) is 17.4. The first-order valence-corrected chi connectivity index (χ1v) is 10.1. The molecule has 7 heteroatoms. The number of hydrogen-bond acceptors (Lipinski definition) is 4. The Labute approximate surface area is 152 Å². The largest absolute Gasteiger partial charge is 0.335 e. The lowest BCUT2D eigenvalue weighted by atomic mass is 9.93. The Balaban J connectivity index is 1.45. The third-order valence-electron chi connectivity index (χ3n) is 6.06. The minimum Gasteiger partial charge on any atom is -0.335 e. The number of carbonyl (C=O) groups is 2. The Morgan fingerprint density at radius 3 is 2.84 bits per heavy atom. The highest BCUT2D eigenvalue weighted by Crippen LogP contribution is 2.34. The van der Waals surface area contributed by atoms with Crippen LogP contribution < -0.4 is 10.2 Å². The topological polar surface area (TPSA) is 55.9 Å². The van der Waals surface area contributed by atoms with Crippen molar-refractivity contribution in [2.45, 2.75) is 43.7 Å². The van der Waals surface area contributed by atoms with Gasteiger partial charge in [-0.3, -0.25) is 9.69 Å². The van der Waals surface area contributed by atoms with Crippen molar-refractivity contribution < 1.29 is 9.59 Å². The van der Waals surface area contributed by atoms with Gasteiger partial charge in [-0.2, -0.15) is 11.3 Å². The minimum atomic E-state index is -0.136. The van der Waals surface area contributed by atoms with Gasteiger partial charge < -0.3 is 15.1 Å². The first kappa shape index (κ1) is 16.8. The normalized spacial score (nSPS) is 28.3. The molecule has 6 nitrogen and oxygen atoms in total. The molecule has 0 radical (unpaired) electrons. The predicted molar refractivity (Wildman–Crippen MR) is 99.0 cm³/mol. The summed E-state index contributed by atoms with van der Waals surface area (Å²) in [5, 5.41) is 7.22. The van der Waals surface area contributed by atoms with E-state index in [1.807, 2.05) is 33.7 Å². The summed E-state index contributed by atoms with van der Waals surface area (Å²) in [6.45, 7) is 2.52. The summed E-state index contributed by atoms with van der Waals surface area (Å²) in [6, 6.07) is 2.41. The van der Waals surface area contributed by atoms with Crippen molar-refractivity contribution >= 4 is 29.0 Å². The highest BCUT2D eigenvalue weighted by molar-refractivity contribution is 7.08. The third-order valence-corrected chi connectivity index (χ3v) is 6.73. The van der Waals surface area contributed by atoms with E-state index in [1.54, 1.807) is 11.3 Å². The van der Waals surface area contributed by atoms with E-state index < -0.39 is 0 Å². The van der Waals surface area contributed by atoms with E-state index in [-0.39, 0.29) is 17.5 Å². The van der Waals surface area contributed by atoms with Crippen LogP contribution in [0.2, 0.25) is 0 Å². The lowest BCUT2D eigenvalue weighted by Crippen LogP contribution is -2.64. The lowest BCUT2D eigenvalue weighted by molar-refractivity contribution is -0.123. The molecular weight excluding hydrogens is 336 g/mol. The van der Waals surface area contributed by atoms with E-state index in [0.717, 1.165) is 31.5 Å². The van der Waals surface area contributed by atoms with Crippen molar-refractivity contribution in [3.05, 3.63) is 16.8 Å². The van der Waals surface area contributed by atoms with Crippen molar-refractivity contribution in [2.75, 3.05) is 38.1 Å². The van der Waals surface area contributed by atoms with Gasteiger partial charge in [0.1, 0.15) is 0 Å². The van der Waals surface area contributed by atoms with Crippen molar-refractivity contribution in [1.82, 2.24) is 15.1 Å². The lowest BCUT2D eigenvalue weighted by Gasteiger charge is -2.46. The number of likely N-dealkylation sites (N-methyl/N-ethyl adjacent to an activating group) is 1. The summed E-state index contributed by atoms with van der Waals surface area (Å²) in [4.78, 5) is 31.1. The van der Waals surface area contributed by atoms with E-state index in [4.69, 9.17) is 0 Å². The smallest absolute Gasteiger partial charge is 0.317 e. The van der Waals surface area contributed by atoms with Gasteiger partial charge in [0.2, 0.25) is 5.91 Å². The van der Waals surface area contributed by atoms with Gasteiger partial charge >= 0.3 is 6.03 Å². The van der Waals surface area contributed by atoms with Gasteiger partial charge in [-0.05, 0) is 37.8 Å². The standard InChI is InChI=1S/C18H26N4O2S/c1-20-10-16(23)22(15-6-9-25-11-15)13-18(20)7-8-21(12-18)17(24)19-14-4-2-3-5-14/h6,9,11,14H,2-5,7-8,10,12-13H2,1H3,(H,19,24)/t18-/m1/s1. The van der Waals surface area contributed by atoms with Crippen LogP contribution in [0.15, 0.2) is 16.8 Å². The second-order valence-electron chi connectivity index (χ2n) is 7.64. The number of thiophene rings is 1. The Morgan fingerprint density at radius 1 is 1.32 bits per heavy atom. The fourth-order valence-electron chi connectivity index (χ4n) is 4.41. The molecule has 3 aliphatic rings. The van der Waals surface area contributed by atoms with E-state index in [9.17, 15) is 9.59 Å². The molecule has 3 amide bonds. The maximum atomic E-state index is 12.6. The molecule has 1 aromatic heterocycles. The Bertz CT molecular complexity index is 644. The molecular formula is C18H26N4O2S. The summed E-state index contributed by atoms with van der Waals surface area (Å²) in [6.07, 6.45) is 5.55. The molecule has 1 N–H and O–H groups in total. The molecule has 3 heterocycles. The van der Waals surface area contributed by atoms with Crippen LogP contribution in [0.3, 0.4) is 0 Å². The molecule has 0 unspecified atom stereocenters. The quantitative estimate of drug-likeness (QED) is 0.877. The van der Waals surface area contributed by atoms with E-state index in [2.05, 4.69) is 10.2 Å². The van der Waals surface area contributed by atoms with Crippen LogP contribution >= 0.6 is 11.3 Å². The molecule has 2 aliphatic heterocycles. The Morgan fingerprint density at radius 2 is 2.12 bits per heavy atom. The van der Waals surface area contributed by atoms with Crippen molar-refractivity contribution in [1.29, 1.82) is 0 Å². The van der Waals surface area contributed by atoms with Crippen LogP contribution in [0.1, 0.15) is 32.1 Å². The second-order valence-corrected chi connectivity index (χ2v) is 8.42. The van der Waals surface area contributed by atoms with Gasteiger partial charge in [-0.1, -0.05) is 12.8 Å². The fraction of sp³-hybridized carbons (Fsp3) is 0.667. The van der Waals surface area contributed by atoms with Crippen LogP contribution in [0, 0.1) is 0 Å². The first-order valence-electron chi connectivity index (χ1n) is 9.17. The zero-order valence-electron chi connectivity index (χ0n) is 14.7. The summed E-state index contributed by atoms with van der Waals surface area (Å²) >= 11 is 1.61. The van der Waals surface area contributed by atoms with Gasteiger partial charge in [0.05, 0.1) is 17.8 Å². The Kier molecular flexibility index (Phi) is 4.45. The van der Waals surface area contributed by atoms with Crippen LogP contribution in [0.5, 0.6) is 0 Å². The zero-order valence-corrected chi connectivity index (χ0v) is 15.6. The van der Waals surface area contributed by atoms with E-state index >= 15 is 0 Å². The number of urea groups is 1. The van der Waals surface area contributed by atoms with Crippen molar-refractivity contribution in [2.24, 2.45) is 0 Å². The second kappa shape index (κ2) is 6.61. The number of anilines is 1. The highest BCUT2D eigenvalue weighted by Gasteiger charge is 2.48. The third kappa shape index (κ3) is 3.15. The number of carbonyl (C=O) groups excluding carboxylic acids is 2. The molecule has 4 rings (SSSR count). The molecule has 1 aromatic rings. The maximum Gasteiger partial charge on any atom is 0.317 e. The maximum absolute atomic E-state index is 12.6. The number of nitrogens with zero attached hydrogens (tertiary/aromatic N) is 3. The van der Waals surface area contributed by atoms with Crippen molar-refractivity contribution in [3.63, 3.8) is 0 Å². The van der Waals surface area contributed by atoms with Crippen LogP contribution in [-0.4, -0.2) is 66.5 Å². The number of likely N-dealkylation sites (tertiary alicyclic amines) is 1. The fourth-order valence-corrected chi connectivity index (χ4v) is 5.05. The SMILES string of the molecule is CN1CC(=O)N(c2ccsc2)C[C@]12CCN(C(=O)NC1CCCC1)C2. The predicted octanol–water partition coefficient (Wildman–Crippen LogP) is 2.12. The summed E-state index contributed by atoms with van der Waals surface area (Å²) in [5.41, 5.74) is 0.847. The number of nitrogens with one attached hydrogen (secondary N) is 1. The summed E-state index contributed by atoms with van der Waals surface area (Å²) in [5.74, 6) is 0.139. The monoisotopic (exact) mass is 362 g/mol. The molecule has 2 saturated heterocycles.